The Balaban J connectivity index is 5.19. The van der Waals surface area contributed by atoms with Crippen molar-refractivity contribution in [3.8, 4) is 0 Å². The number of rotatable bonds is 75. The van der Waals surface area contributed by atoms with Crippen molar-refractivity contribution >= 4 is 39.5 Å². The molecule has 0 saturated carbocycles. The van der Waals surface area contributed by atoms with Crippen molar-refractivity contribution in [2.24, 2.45) is 23.7 Å². The maximum atomic E-state index is 13.1. The van der Waals surface area contributed by atoms with Crippen LogP contribution in [0.1, 0.15) is 396 Å². The topological polar surface area (TPSA) is 237 Å². The van der Waals surface area contributed by atoms with Crippen LogP contribution in [0.4, 0.5) is 0 Å². The van der Waals surface area contributed by atoms with Gasteiger partial charge in [-0.3, -0.25) is 37.3 Å². The number of aliphatic hydroxyl groups excluding tert-OH is 1. The van der Waals surface area contributed by atoms with Crippen molar-refractivity contribution in [3.05, 3.63) is 0 Å². The smallest absolute Gasteiger partial charge is 0.462 e. The lowest BCUT2D eigenvalue weighted by atomic mass is 9.99. The summed E-state index contributed by atoms with van der Waals surface area (Å²) in [6.45, 7) is 14.2. The number of carbonyl (C=O) groups is 4. The Labute approximate surface area is 594 Å². The second-order valence-corrected chi connectivity index (χ2v) is 32.7. The molecule has 0 aromatic rings. The van der Waals surface area contributed by atoms with Gasteiger partial charge in [0.1, 0.15) is 19.3 Å². The van der Waals surface area contributed by atoms with Gasteiger partial charge in [-0.2, -0.15) is 0 Å². The van der Waals surface area contributed by atoms with Crippen LogP contribution in [0, 0.1) is 23.7 Å². The number of esters is 4. The van der Waals surface area contributed by atoms with Crippen molar-refractivity contribution in [3.63, 3.8) is 0 Å². The van der Waals surface area contributed by atoms with Gasteiger partial charge in [0.05, 0.1) is 26.4 Å². The lowest BCUT2D eigenvalue weighted by molar-refractivity contribution is -0.161. The molecule has 17 nitrogen and oxygen atoms in total. The highest BCUT2D eigenvalue weighted by atomic mass is 31.2. The zero-order valence-corrected chi connectivity index (χ0v) is 65.5. The maximum absolute atomic E-state index is 13.1. The fraction of sp³-hybridized carbons (Fsp3) is 0.949. The Morgan fingerprint density at radius 1 is 0.289 bits per heavy atom. The molecule has 0 spiro atoms. The van der Waals surface area contributed by atoms with Crippen LogP contribution in [0.5, 0.6) is 0 Å². The molecule has 0 aliphatic carbocycles. The third-order valence-corrected chi connectivity index (χ3v) is 20.3. The van der Waals surface area contributed by atoms with Crippen molar-refractivity contribution in [1.82, 2.24) is 0 Å². The molecule has 0 rings (SSSR count). The molecule has 4 unspecified atom stereocenters. The number of ether oxygens (including phenoxy) is 4. The molecule has 0 radical (unpaired) electrons. The van der Waals surface area contributed by atoms with Crippen molar-refractivity contribution in [1.29, 1.82) is 0 Å². The van der Waals surface area contributed by atoms with Crippen LogP contribution >= 0.6 is 15.6 Å². The van der Waals surface area contributed by atoms with E-state index in [1.807, 2.05) is 0 Å². The van der Waals surface area contributed by atoms with E-state index in [0.29, 0.717) is 31.6 Å². The zero-order chi connectivity index (χ0) is 71.7. The first-order chi connectivity index (χ1) is 46.6. The monoisotopic (exact) mass is 1420 g/mol. The van der Waals surface area contributed by atoms with E-state index in [-0.39, 0.29) is 25.7 Å². The second-order valence-electron chi connectivity index (χ2n) is 29.8. The number of unbranched alkanes of at least 4 members (excludes halogenated alkanes) is 40. The van der Waals surface area contributed by atoms with E-state index in [1.54, 1.807) is 0 Å². The van der Waals surface area contributed by atoms with Crippen LogP contribution in [0.3, 0.4) is 0 Å². The van der Waals surface area contributed by atoms with Gasteiger partial charge < -0.3 is 33.8 Å². The first kappa shape index (κ1) is 95.1. The van der Waals surface area contributed by atoms with Gasteiger partial charge in [0.15, 0.2) is 12.2 Å². The first-order valence-electron chi connectivity index (χ1n) is 40.2. The summed E-state index contributed by atoms with van der Waals surface area (Å²) in [6.07, 6.45) is 52.9. The van der Waals surface area contributed by atoms with E-state index >= 15 is 0 Å². The molecule has 0 saturated heterocycles. The average Bonchev–Trinajstić information content (AvgIpc) is 0.976. The molecule has 0 heterocycles. The molecule has 0 amide bonds. The highest BCUT2D eigenvalue weighted by Gasteiger charge is 2.30. The summed E-state index contributed by atoms with van der Waals surface area (Å²) in [6, 6.07) is 0. The predicted molar refractivity (Wildman–Crippen MR) is 395 cm³/mol. The molecule has 0 aromatic heterocycles. The van der Waals surface area contributed by atoms with Crippen LogP contribution in [0.15, 0.2) is 0 Å². The summed E-state index contributed by atoms with van der Waals surface area (Å²) in [4.78, 5) is 72.8. The van der Waals surface area contributed by atoms with Gasteiger partial charge in [0.2, 0.25) is 0 Å². The van der Waals surface area contributed by atoms with Crippen molar-refractivity contribution in [2.45, 2.75) is 414 Å². The van der Waals surface area contributed by atoms with Crippen molar-refractivity contribution < 1.29 is 80.2 Å². The number of carbonyl (C=O) groups excluding carboxylic acids is 4. The van der Waals surface area contributed by atoms with Gasteiger partial charge in [0.25, 0.3) is 0 Å². The van der Waals surface area contributed by atoms with Gasteiger partial charge in [-0.1, -0.05) is 344 Å². The van der Waals surface area contributed by atoms with Crippen molar-refractivity contribution in [2.75, 3.05) is 39.6 Å². The predicted octanol–water partition coefficient (Wildman–Crippen LogP) is 22.8. The lowest BCUT2D eigenvalue weighted by Crippen LogP contribution is -2.30. The van der Waals surface area contributed by atoms with Gasteiger partial charge >= 0.3 is 39.5 Å². The Morgan fingerprint density at radius 3 is 0.732 bits per heavy atom. The Kier molecular flexibility index (Phi) is 65.9. The van der Waals surface area contributed by atoms with E-state index in [1.165, 1.54) is 193 Å². The molecule has 576 valence electrons. The van der Waals surface area contributed by atoms with Gasteiger partial charge in [-0.15, -0.1) is 0 Å². The molecule has 0 aliphatic rings. The minimum atomic E-state index is -4.96. The fourth-order valence-electron chi connectivity index (χ4n) is 11.9. The van der Waals surface area contributed by atoms with Crippen LogP contribution < -0.4 is 0 Å². The number of phosphoric ester groups is 2. The number of phosphoric acid groups is 2. The quantitative estimate of drug-likeness (QED) is 0.0222. The minimum Gasteiger partial charge on any atom is -0.462 e. The summed E-state index contributed by atoms with van der Waals surface area (Å²) < 4.78 is 68.5. The highest BCUT2D eigenvalue weighted by molar-refractivity contribution is 7.47. The van der Waals surface area contributed by atoms with Crippen LogP contribution in [0.2, 0.25) is 0 Å². The Hall–Kier alpha value is -1.94. The molecule has 0 aromatic carbocycles. The summed E-state index contributed by atoms with van der Waals surface area (Å²) >= 11 is 0. The average molecular weight is 1420 g/mol. The molecule has 6 atom stereocenters. The molecular formula is C78H152O17P2. The van der Waals surface area contributed by atoms with E-state index in [9.17, 15) is 43.2 Å². The summed E-state index contributed by atoms with van der Waals surface area (Å²) in [5.74, 6) is 0.940. The summed E-state index contributed by atoms with van der Waals surface area (Å²) in [7, 11) is -9.92. The molecular weight excluding hydrogens is 1270 g/mol. The maximum Gasteiger partial charge on any atom is 0.472 e. The van der Waals surface area contributed by atoms with Gasteiger partial charge in [-0.05, 0) is 49.4 Å². The molecule has 0 bridgehead atoms. The van der Waals surface area contributed by atoms with Crippen LogP contribution in [0.25, 0.3) is 0 Å². The van der Waals surface area contributed by atoms with E-state index in [2.05, 4.69) is 55.4 Å². The zero-order valence-electron chi connectivity index (χ0n) is 63.7. The largest absolute Gasteiger partial charge is 0.472 e. The molecule has 3 N–H and O–H groups in total. The minimum absolute atomic E-state index is 0.106. The number of hydrogen-bond donors (Lipinski definition) is 3. The Bertz CT molecular complexity index is 1900. The van der Waals surface area contributed by atoms with Gasteiger partial charge in [-0.25, -0.2) is 9.13 Å². The Morgan fingerprint density at radius 2 is 0.495 bits per heavy atom. The third kappa shape index (κ3) is 70.9. The normalized spacial score (nSPS) is 14.4. The lowest BCUT2D eigenvalue weighted by Gasteiger charge is -2.21. The first-order valence-corrected chi connectivity index (χ1v) is 43.2. The SMILES string of the molecule is CCC(C)CCCCCCCCCCCCCCCCC(=O)O[C@H](COC(=O)CCCCCCCCCCC(C)C)COP(=O)(O)OCC(O)COP(=O)(O)OC[C@@H](COC(=O)CCCCCCCCC(C)C)OC(=O)CCCCCCCCCCCCCCCCCCC(C)C. The standard InChI is InChI=1S/C78H152O17P2/c1-9-71(8)57-49-41-32-25-21-17-14-15-19-23-27-35-45-53-60-77(82)94-73(64-88-75(80)58-50-42-33-29-28-31-39-47-55-69(4)5)66-92-96(84,85)90-62-72(79)63-91-97(86,87)93-67-74(65-89-76(81)59-51-43-37-36-40-48-56-70(6)7)95-78(83)61-52-44-34-26-22-18-13-11-10-12-16-20-24-30-38-46-54-68(2)3/h68-74,79H,9-67H2,1-8H3,(H,84,85)(H,86,87)/t71?,72?,73-,74-/m1/s1. The van der Waals surface area contributed by atoms with E-state index < -0.39 is 97.5 Å². The molecule has 0 aliphatic heterocycles. The second kappa shape index (κ2) is 67.2. The fourth-order valence-corrected chi connectivity index (χ4v) is 13.5. The van der Waals surface area contributed by atoms with Gasteiger partial charge in [0, 0.05) is 25.7 Å². The third-order valence-electron chi connectivity index (χ3n) is 18.4. The molecule has 19 heteroatoms. The summed E-state index contributed by atoms with van der Waals surface area (Å²) in [5.41, 5.74) is 0. The molecule has 0 fully saturated rings. The van der Waals surface area contributed by atoms with Crippen LogP contribution in [-0.2, 0) is 65.4 Å². The number of aliphatic hydroxyl groups is 1. The molecule has 97 heavy (non-hydrogen) atoms. The van der Waals surface area contributed by atoms with E-state index in [0.717, 1.165) is 114 Å². The number of hydrogen-bond acceptors (Lipinski definition) is 15. The highest BCUT2D eigenvalue weighted by Crippen LogP contribution is 2.45. The summed E-state index contributed by atoms with van der Waals surface area (Å²) in [5, 5.41) is 10.6. The van der Waals surface area contributed by atoms with E-state index in [4.69, 9.17) is 37.0 Å². The van der Waals surface area contributed by atoms with Crippen LogP contribution in [-0.4, -0.2) is 96.7 Å².